The Morgan fingerprint density at radius 1 is 1.15 bits per heavy atom. The van der Waals surface area contributed by atoms with E-state index in [0.717, 1.165) is 25.0 Å². The normalized spacial score (nSPS) is 15.6. The summed E-state index contributed by atoms with van der Waals surface area (Å²) in [7, 11) is 0. The van der Waals surface area contributed by atoms with Gasteiger partial charge >= 0.3 is 0 Å². The van der Waals surface area contributed by atoms with E-state index in [1.54, 1.807) is 23.0 Å². The maximum absolute atomic E-state index is 13.3. The maximum atomic E-state index is 13.3. The number of thioether (sulfide) groups is 1. The summed E-state index contributed by atoms with van der Waals surface area (Å²) in [6, 6.07) is 18.5. The Morgan fingerprint density at radius 3 is 2.88 bits per heavy atom. The highest BCUT2D eigenvalue weighted by atomic mass is 32.2. The fourth-order valence-corrected chi connectivity index (χ4v) is 5.00. The number of nitrogens with zero attached hydrogens (tertiary/aromatic N) is 2. The molecule has 0 spiro atoms. The second kappa shape index (κ2) is 10.3. The molecule has 0 radical (unpaired) electrons. The molecule has 0 bridgehead atoms. The van der Waals surface area contributed by atoms with Crippen molar-refractivity contribution in [3.63, 3.8) is 0 Å². The number of carbonyl (C=O) groups is 1. The van der Waals surface area contributed by atoms with Crippen LogP contribution in [0.5, 0.6) is 0 Å². The van der Waals surface area contributed by atoms with Crippen LogP contribution in [0.25, 0.3) is 10.9 Å². The molecule has 2 aromatic heterocycles. The van der Waals surface area contributed by atoms with Crippen LogP contribution in [-0.4, -0.2) is 28.2 Å². The van der Waals surface area contributed by atoms with Crippen LogP contribution in [0, 0.1) is 0 Å². The second-order valence-electron chi connectivity index (χ2n) is 8.21. The summed E-state index contributed by atoms with van der Waals surface area (Å²) >= 11 is 1.49. The zero-order valence-corrected chi connectivity index (χ0v) is 19.4. The summed E-state index contributed by atoms with van der Waals surface area (Å²) in [4.78, 5) is 30.6. The van der Waals surface area contributed by atoms with Crippen molar-refractivity contribution in [3.05, 3.63) is 94.2 Å². The number of aromatic nitrogens is 2. The van der Waals surface area contributed by atoms with Crippen molar-refractivity contribution >= 4 is 28.6 Å². The minimum Gasteiger partial charge on any atom is -0.467 e. The topological polar surface area (TPSA) is 86.4 Å². The largest absolute Gasteiger partial charge is 0.467 e. The Hall–Kier alpha value is -3.36. The standard InChI is InChI=1S/C26H25N3O4S/c30-24(27-15-20-8-4-12-32-20)19-7-3-6-18(14-19)17-34-26-28-23-11-2-1-10-22(23)25(31)29(26)16-21-9-5-13-33-21/h1-4,6-8,10-12,14,21H,5,9,13,15-17H2,(H,27,30). The van der Waals surface area contributed by atoms with Crippen molar-refractivity contribution < 1.29 is 13.9 Å². The van der Waals surface area contributed by atoms with Gasteiger partial charge in [-0.15, -0.1) is 0 Å². The first-order valence-electron chi connectivity index (χ1n) is 11.3. The van der Waals surface area contributed by atoms with E-state index in [1.165, 1.54) is 11.8 Å². The highest BCUT2D eigenvalue weighted by Crippen LogP contribution is 2.24. The average molecular weight is 476 g/mol. The molecule has 7 nitrogen and oxygen atoms in total. The lowest BCUT2D eigenvalue weighted by molar-refractivity contribution is 0.0936. The van der Waals surface area contributed by atoms with Crippen LogP contribution in [0.2, 0.25) is 0 Å². The summed E-state index contributed by atoms with van der Waals surface area (Å²) in [5.74, 6) is 1.12. The van der Waals surface area contributed by atoms with Crippen molar-refractivity contribution in [2.24, 2.45) is 0 Å². The Labute approximate surface area is 201 Å². The first kappa shape index (κ1) is 22.4. The second-order valence-corrected chi connectivity index (χ2v) is 9.16. The van der Waals surface area contributed by atoms with Gasteiger partial charge in [-0.1, -0.05) is 36.0 Å². The molecule has 0 saturated carbocycles. The van der Waals surface area contributed by atoms with Crippen molar-refractivity contribution in [1.82, 2.24) is 14.9 Å². The third-order valence-electron chi connectivity index (χ3n) is 5.80. The lowest BCUT2D eigenvalue weighted by atomic mass is 10.1. The number of rotatable bonds is 8. The van der Waals surface area contributed by atoms with Crippen LogP contribution in [-0.2, 0) is 23.6 Å². The van der Waals surface area contributed by atoms with Gasteiger partial charge in [-0.25, -0.2) is 4.98 Å². The number of amides is 1. The van der Waals surface area contributed by atoms with Gasteiger partial charge in [0.2, 0.25) is 0 Å². The highest BCUT2D eigenvalue weighted by Gasteiger charge is 2.20. The quantitative estimate of drug-likeness (QED) is 0.300. The monoisotopic (exact) mass is 475 g/mol. The minimum atomic E-state index is -0.164. The number of carbonyl (C=O) groups excluding carboxylic acids is 1. The summed E-state index contributed by atoms with van der Waals surface area (Å²) < 4.78 is 12.8. The first-order chi connectivity index (χ1) is 16.7. The molecule has 1 fully saturated rings. The Balaban J connectivity index is 1.34. The average Bonchev–Trinajstić information content (AvgIpc) is 3.58. The predicted octanol–water partition coefficient (Wildman–Crippen LogP) is 4.39. The summed E-state index contributed by atoms with van der Waals surface area (Å²) in [5.41, 5.74) is 2.19. The van der Waals surface area contributed by atoms with E-state index in [0.29, 0.717) is 46.2 Å². The van der Waals surface area contributed by atoms with E-state index in [4.69, 9.17) is 14.1 Å². The van der Waals surface area contributed by atoms with E-state index in [9.17, 15) is 9.59 Å². The Morgan fingerprint density at radius 2 is 2.06 bits per heavy atom. The molecule has 174 valence electrons. The number of fused-ring (bicyclic) bond motifs is 1. The molecule has 1 saturated heterocycles. The van der Waals surface area contributed by atoms with E-state index in [-0.39, 0.29) is 17.6 Å². The number of nitrogens with one attached hydrogen (secondary N) is 1. The molecule has 4 aromatic rings. The van der Waals surface area contributed by atoms with E-state index in [1.807, 2.05) is 48.5 Å². The molecular formula is C26H25N3O4S. The number of hydrogen-bond donors (Lipinski definition) is 1. The molecule has 3 heterocycles. The molecule has 1 aliphatic heterocycles. The van der Waals surface area contributed by atoms with Crippen LogP contribution in [0.3, 0.4) is 0 Å². The van der Waals surface area contributed by atoms with E-state index < -0.39 is 0 Å². The van der Waals surface area contributed by atoms with Gasteiger partial charge in [0.25, 0.3) is 11.5 Å². The SMILES string of the molecule is O=C(NCc1ccco1)c1cccc(CSc2nc3ccccc3c(=O)n2CC2CCCO2)c1. The van der Waals surface area contributed by atoms with Crippen LogP contribution < -0.4 is 10.9 Å². The molecule has 5 rings (SSSR count). The third kappa shape index (κ3) is 5.08. The van der Waals surface area contributed by atoms with E-state index >= 15 is 0 Å². The molecule has 1 atom stereocenters. The molecule has 8 heteroatoms. The van der Waals surface area contributed by atoms with Gasteiger partial charge in [-0.3, -0.25) is 14.2 Å². The number of benzene rings is 2. The van der Waals surface area contributed by atoms with Gasteiger partial charge in [0, 0.05) is 17.9 Å². The molecule has 34 heavy (non-hydrogen) atoms. The molecule has 1 amide bonds. The molecule has 0 aliphatic carbocycles. The Bertz CT molecular complexity index is 1340. The van der Waals surface area contributed by atoms with Gasteiger partial charge in [-0.2, -0.15) is 0 Å². The molecular weight excluding hydrogens is 450 g/mol. The number of para-hydroxylation sites is 1. The van der Waals surface area contributed by atoms with Crippen LogP contribution in [0.15, 0.2) is 81.3 Å². The van der Waals surface area contributed by atoms with Crippen molar-refractivity contribution in [3.8, 4) is 0 Å². The van der Waals surface area contributed by atoms with Gasteiger partial charge in [0.05, 0.1) is 36.4 Å². The molecule has 2 aromatic carbocycles. The number of ether oxygens (including phenoxy) is 1. The summed E-state index contributed by atoms with van der Waals surface area (Å²) in [6.07, 6.45) is 3.57. The Kier molecular flexibility index (Phi) is 6.78. The van der Waals surface area contributed by atoms with Gasteiger partial charge in [-0.05, 0) is 54.8 Å². The smallest absolute Gasteiger partial charge is 0.262 e. The first-order valence-corrected chi connectivity index (χ1v) is 12.3. The predicted molar refractivity (Wildman–Crippen MR) is 131 cm³/mol. The van der Waals surface area contributed by atoms with Gasteiger partial charge in [0.1, 0.15) is 5.76 Å². The summed E-state index contributed by atoms with van der Waals surface area (Å²) in [6.45, 7) is 1.56. The number of furan rings is 1. The van der Waals surface area contributed by atoms with Crippen molar-refractivity contribution in [2.75, 3.05) is 6.61 Å². The lowest BCUT2D eigenvalue weighted by Crippen LogP contribution is -2.28. The third-order valence-corrected chi connectivity index (χ3v) is 6.84. The van der Waals surface area contributed by atoms with Crippen LogP contribution >= 0.6 is 11.8 Å². The zero-order chi connectivity index (χ0) is 23.3. The maximum Gasteiger partial charge on any atom is 0.262 e. The lowest BCUT2D eigenvalue weighted by Gasteiger charge is -2.16. The van der Waals surface area contributed by atoms with Gasteiger partial charge in [0.15, 0.2) is 5.16 Å². The van der Waals surface area contributed by atoms with Crippen molar-refractivity contribution in [1.29, 1.82) is 0 Å². The molecule has 1 aliphatic rings. The summed E-state index contributed by atoms with van der Waals surface area (Å²) in [5, 5.41) is 4.14. The zero-order valence-electron chi connectivity index (χ0n) is 18.6. The minimum absolute atomic E-state index is 0.0289. The molecule has 1 N–H and O–H groups in total. The van der Waals surface area contributed by atoms with Crippen molar-refractivity contribution in [2.45, 2.75) is 42.9 Å². The highest BCUT2D eigenvalue weighted by molar-refractivity contribution is 7.98. The van der Waals surface area contributed by atoms with E-state index in [2.05, 4.69) is 5.32 Å². The van der Waals surface area contributed by atoms with Gasteiger partial charge < -0.3 is 14.5 Å². The van der Waals surface area contributed by atoms with Crippen LogP contribution in [0.4, 0.5) is 0 Å². The fourth-order valence-electron chi connectivity index (χ4n) is 4.04. The fraction of sp³-hybridized carbons (Fsp3) is 0.269. The number of hydrogen-bond acceptors (Lipinski definition) is 6. The molecule has 1 unspecified atom stereocenters. The van der Waals surface area contributed by atoms with Crippen LogP contribution in [0.1, 0.15) is 34.5 Å².